The van der Waals surface area contributed by atoms with E-state index >= 15 is 0 Å². The Hall–Kier alpha value is -0.883. The van der Waals surface area contributed by atoms with Gasteiger partial charge in [0.2, 0.25) is 5.91 Å². The van der Waals surface area contributed by atoms with Gasteiger partial charge < -0.3 is 14.8 Å². The molecule has 2 N–H and O–H groups in total. The molecule has 0 aliphatic carbocycles. The normalized spacial score (nSPS) is 15.7. The molecule has 0 bridgehead atoms. The van der Waals surface area contributed by atoms with Gasteiger partial charge in [0.25, 0.3) is 0 Å². The van der Waals surface area contributed by atoms with Crippen molar-refractivity contribution in [2.24, 2.45) is 5.92 Å². The second-order valence-electron chi connectivity index (χ2n) is 7.52. The van der Waals surface area contributed by atoms with Crippen LogP contribution in [0.25, 0.3) is 0 Å². The zero-order valence-corrected chi connectivity index (χ0v) is 15.6. The van der Waals surface area contributed by atoms with Gasteiger partial charge in [-0.25, -0.2) is 4.79 Å². The molecule has 21 heavy (non-hydrogen) atoms. The smallest absolute Gasteiger partial charge is 0.326 e. The molecule has 124 valence electrons. The molecule has 0 aliphatic heterocycles. The lowest BCUT2D eigenvalue weighted by Crippen LogP contribution is -2.47. The van der Waals surface area contributed by atoms with Crippen LogP contribution in [-0.4, -0.2) is 37.4 Å². The minimum Gasteiger partial charge on any atom is -0.480 e. The molecule has 1 unspecified atom stereocenters. The van der Waals surface area contributed by atoms with Crippen LogP contribution in [0, 0.1) is 5.92 Å². The number of amides is 1. The van der Waals surface area contributed by atoms with Crippen LogP contribution in [0.15, 0.2) is 0 Å². The first-order valence-corrected chi connectivity index (χ1v) is 10.4. The molecule has 5 nitrogen and oxygen atoms in total. The van der Waals surface area contributed by atoms with Crippen LogP contribution in [0.4, 0.5) is 0 Å². The Kier molecular flexibility index (Phi) is 7.09. The van der Waals surface area contributed by atoms with Crippen LogP contribution in [-0.2, 0) is 14.0 Å². The van der Waals surface area contributed by atoms with E-state index in [0.29, 0.717) is 0 Å². The summed E-state index contributed by atoms with van der Waals surface area (Å²) in [5.74, 6) is -1.43. The third-order valence-corrected chi connectivity index (χ3v) is 8.63. The summed E-state index contributed by atoms with van der Waals surface area (Å²) >= 11 is 0. The van der Waals surface area contributed by atoms with E-state index in [0.717, 1.165) is 0 Å². The summed E-state index contributed by atoms with van der Waals surface area (Å²) in [7, 11) is -1.91. The Morgan fingerprint density at radius 3 is 2.00 bits per heavy atom. The van der Waals surface area contributed by atoms with Crippen molar-refractivity contribution in [1.29, 1.82) is 0 Å². The molecule has 0 heterocycles. The molecule has 0 rings (SSSR count). The average Bonchev–Trinajstić information content (AvgIpc) is 2.22. The summed E-state index contributed by atoms with van der Waals surface area (Å²) < 4.78 is 6.11. The number of rotatable bonds is 7. The summed E-state index contributed by atoms with van der Waals surface area (Å²) in [5, 5.41) is 11.7. The molecule has 0 aromatic heterocycles. The maximum Gasteiger partial charge on any atom is 0.326 e. The minimum absolute atomic E-state index is 0.0826. The number of carboxylic acids is 1. The van der Waals surface area contributed by atoms with Crippen molar-refractivity contribution in [3.05, 3.63) is 0 Å². The number of hydrogen-bond donors (Lipinski definition) is 2. The Morgan fingerprint density at radius 2 is 1.67 bits per heavy atom. The molecule has 6 heteroatoms. The van der Waals surface area contributed by atoms with E-state index in [1.165, 1.54) is 0 Å². The first-order chi connectivity index (χ1) is 9.28. The Bertz CT molecular complexity index is 374. The third kappa shape index (κ3) is 6.61. The molecule has 0 saturated heterocycles. The van der Waals surface area contributed by atoms with Crippen molar-refractivity contribution < 1.29 is 19.1 Å². The van der Waals surface area contributed by atoms with Gasteiger partial charge in [-0.3, -0.25) is 4.79 Å². The van der Waals surface area contributed by atoms with Gasteiger partial charge in [0.1, 0.15) is 6.04 Å². The fourth-order valence-corrected chi connectivity index (χ4v) is 3.17. The fraction of sp³-hybridized carbons (Fsp3) is 0.867. The van der Waals surface area contributed by atoms with Gasteiger partial charge in [-0.05, 0) is 31.0 Å². The lowest BCUT2D eigenvalue weighted by molar-refractivity contribution is -0.143. The highest BCUT2D eigenvalue weighted by Gasteiger charge is 2.38. The van der Waals surface area contributed by atoms with Gasteiger partial charge in [-0.15, -0.1) is 0 Å². The summed E-state index contributed by atoms with van der Waals surface area (Å²) in [6, 6.07) is -0.849. The maximum absolute atomic E-state index is 12.0. The van der Waals surface area contributed by atoms with Gasteiger partial charge in [0, 0.05) is 0 Å². The molecule has 0 saturated carbocycles. The second-order valence-corrected chi connectivity index (χ2v) is 12.3. The SMILES string of the molecule is CC(CC(=O)N[C@H](C(=O)O)C(C)C)O[Si](C)(C)C(C)(C)C. The van der Waals surface area contributed by atoms with Crippen LogP contribution in [0.3, 0.4) is 0 Å². The summed E-state index contributed by atoms with van der Waals surface area (Å²) in [6.45, 7) is 16.1. The van der Waals surface area contributed by atoms with E-state index in [2.05, 4.69) is 39.2 Å². The van der Waals surface area contributed by atoms with E-state index in [9.17, 15) is 9.59 Å². The van der Waals surface area contributed by atoms with Gasteiger partial charge >= 0.3 is 5.97 Å². The average molecular weight is 318 g/mol. The number of hydrogen-bond acceptors (Lipinski definition) is 3. The molecule has 0 aromatic carbocycles. The number of aliphatic carboxylic acids is 1. The van der Waals surface area contributed by atoms with Crippen LogP contribution in [0.2, 0.25) is 18.1 Å². The number of carboxylic acid groups (broad SMARTS) is 1. The largest absolute Gasteiger partial charge is 0.480 e. The topological polar surface area (TPSA) is 75.6 Å². The molecule has 2 atom stereocenters. The van der Waals surface area contributed by atoms with Gasteiger partial charge in [-0.1, -0.05) is 34.6 Å². The first kappa shape index (κ1) is 20.1. The zero-order chi connectivity index (χ0) is 17.0. The number of nitrogens with one attached hydrogen (secondary N) is 1. The maximum atomic E-state index is 12.0. The first-order valence-electron chi connectivity index (χ1n) is 7.48. The van der Waals surface area contributed by atoms with E-state index in [4.69, 9.17) is 9.53 Å². The predicted octanol–water partition coefficient (Wildman–Crippen LogP) is 3.01. The Balaban J connectivity index is 4.56. The van der Waals surface area contributed by atoms with Gasteiger partial charge in [-0.2, -0.15) is 0 Å². The third-order valence-electron chi connectivity index (χ3n) is 4.02. The summed E-state index contributed by atoms with van der Waals surface area (Å²) in [4.78, 5) is 23.1. The molecule has 1 amide bonds. The quantitative estimate of drug-likeness (QED) is 0.708. The van der Waals surface area contributed by atoms with Gasteiger partial charge in [0.15, 0.2) is 8.32 Å². The molecular formula is C15H31NO4Si. The molecule has 0 aromatic rings. The zero-order valence-electron chi connectivity index (χ0n) is 14.6. The fourth-order valence-electron chi connectivity index (χ4n) is 1.73. The highest BCUT2D eigenvalue weighted by atomic mass is 28.4. The Labute approximate surface area is 129 Å². The van der Waals surface area contributed by atoms with Crippen LogP contribution in [0.5, 0.6) is 0 Å². The van der Waals surface area contributed by atoms with E-state index in [-0.39, 0.29) is 29.4 Å². The van der Waals surface area contributed by atoms with Crippen molar-refractivity contribution in [1.82, 2.24) is 5.32 Å². The lowest BCUT2D eigenvalue weighted by Gasteiger charge is -2.38. The van der Waals surface area contributed by atoms with E-state index in [1.54, 1.807) is 13.8 Å². The lowest BCUT2D eigenvalue weighted by atomic mass is 10.0. The molecule has 0 spiro atoms. The molecule has 0 aliphatic rings. The molecule has 0 radical (unpaired) electrons. The summed E-state index contributed by atoms with van der Waals surface area (Å²) in [6.07, 6.45) is -0.0317. The second kappa shape index (κ2) is 7.40. The van der Waals surface area contributed by atoms with Crippen molar-refractivity contribution in [3.8, 4) is 0 Å². The van der Waals surface area contributed by atoms with Crippen molar-refractivity contribution in [3.63, 3.8) is 0 Å². The highest BCUT2D eigenvalue weighted by Crippen LogP contribution is 2.37. The van der Waals surface area contributed by atoms with E-state index in [1.807, 2.05) is 6.92 Å². The standard InChI is InChI=1S/C15H31NO4Si/c1-10(2)13(14(18)19)16-12(17)9-11(3)20-21(7,8)15(4,5)6/h10-11,13H,9H2,1-8H3,(H,16,17)(H,18,19)/t11?,13-/m0/s1. The van der Waals surface area contributed by atoms with Crippen molar-refractivity contribution in [2.45, 2.75) is 78.2 Å². The van der Waals surface area contributed by atoms with Gasteiger partial charge in [0.05, 0.1) is 12.5 Å². The number of carbonyl (C=O) groups is 2. The Morgan fingerprint density at radius 1 is 1.19 bits per heavy atom. The molecule has 0 fully saturated rings. The summed E-state index contributed by atoms with van der Waals surface area (Å²) in [5.41, 5.74) is 0. The predicted molar refractivity (Wildman–Crippen MR) is 86.8 cm³/mol. The number of carbonyl (C=O) groups excluding carboxylic acids is 1. The highest BCUT2D eigenvalue weighted by molar-refractivity contribution is 6.74. The van der Waals surface area contributed by atoms with Crippen LogP contribution in [0.1, 0.15) is 48.0 Å². The van der Waals surface area contributed by atoms with Crippen molar-refractivity contribution in [2.75, 3.05) is 0 Å². The monoisotopic (exact) mass is 317 g/mol. The minimum atomic E-state index is -1.91. The van der Waals surface area contributed by atoms with E-state index < -0.39 is 20.3 Å². The molecular weight excluding hydrogens is 286 g/mol. The van der Waals surface area contributed by atoms with Crippen LogP contribution < -0.4 is 5.32 Å². The van der Waals surface area contributed by atoms with Crippen LogP contribution >= 0.6 is 0 Å². The van der Waals surface area contributed by atoms with Crippen molar-refractivity contribution >= 4 is 20.2 Å².